The van der Waals surface area contributed by atoms with Crippen LogP contribution < -0.4 is 5.32 Å². The van der Waals surface area contributed by atoms with Gasteiger partial charge in [0.25, 0.3) is 5.91 Å². The van der Waals surface area contributed by atoms with Gasteiger partial charge in [0.2, 0.25) is 0 Å². The minimum absolute atomic E-state index is 0.0443. The van der Waals surface area contributed by atoms with E-state index in [0.717, 1.165) is 18.4 Å². The molecule has 2 N–H and O–H groups in total. The number of nitrogens with zero attached hydrogens (tertiary/aromatic N) is 1. The monoisotopic (exact) mass is 324 g/mol. The lowest BCUT2D eigenvalue weighted by Crippen LogP contribution is -2.38. The van der Waals surface area contributed by atoms with Crippen LogP contribution in [0.2, 0.25) is 0 Å². The fraction of sp³-hybridized carbons (Fsp3) is 0.368. The lowest BCUT2D eigenvalue weighted by molar-refractivity contribution is 0.0323. The summed E-state index contributed by atoms with van der Waals surface area (Å²) in [6.07, 6.45) is 1.75. The van der Waals surface area contributed by atoms with Gasteiger partial charge >= 0.3 is 0 Å². The first-order chi connectivity index (χ1) is 11.4. The normalized spacial score (nSPS) is 17.6. The Labute approximate surface area is 140 Å². The van der Waals surface area contributed by atoms with E-state index in [9.17, 15) is 15.2 Å². The van der Waals surface area contributed by atoms with Gasteiger partial charge in [-0.3, -0.25) is 4.79 Å². The van der Waals surface area contributed by atoms with Gasteiger partial charge in [-0.05, 0) is 56.5 Å². The minimum atomic E-state index is -1.28. The molecular weight excluding hydrogens is 304 g/mol. The summed E-state index contributed by atoms with van der Waals surface area (Å²) >= 11 is 0. The van der Waals surface area contributed by atoms with Crippen molar-refractivity contribution in [3.63, 3.8) is 0 Å². The summed E-state index contributed by atoms with van der Waals surface area (Å²) in [5.74, 6) is 0.853. The highest BCUT2D eigenvalue weighted by atomic mass is 16.4. The molecule has 0 saturated heterocycles. The smallest absolute Gasteiger partial charge is 0.251 e. The van der Waals surface area contributed by atoms with Gasteiger partial charge in [0.05, 0.1) is 18.0 Å². The number of nitriles is 1. The van der Waals surface area contributed by atoms with Crippen molar-refractivity contribution in [3.05, 3.63) is 59.0 Å². The fourth-order valence-corrected chi connectivity index (χ4v) is 2.70. The van der Waals surface area contributed by atoms with Gasteiger partial charge in [-0.25, -0.2) is 0 Å². The van der Waals surface area contributed by atoms with Crippen LogP contribution in [-0.2, 0) is 11.0 Å². The van der Waals surface area contributed by atoms with Crippen molar-refractivity contribution in [1.82, 2.24) is 5.32 Å². The average Bonchev–Trinajstić information content (AvgIpc) is 3.26. The Kier molecular flexibility index (Phi) is 3.94. The van der Waals surface area contributed by atoms with Gasteiger partial charge in [-0.2, -0.15) is 5.26 Å². The van der Waals surface area contributed by atoms with Crippen LogP contribution in [0.25, 0.3) is 0 Å². The number of hydrogen-bond acceptors (Lipinski definition) is 4. The molecule has 0 spiro atoms. The topological polar surface area (TPSA) is 86.3 Å². The molecule has 1 aliphatic carbocycles. The van der Waals surface area contributed by atoms with Gasteiger partial charge in [0.15, 0.2) is 0 Å². The van der Waals surface area contributed by atoms with Crippen LogP contribution in [0.4, 0.5) is 0 Å². The molecule has 1 fully saturated rings. The highest BCUT2D eigenvalue weighted by Crippen LogP contribution is 2.47. The molecule has 24 heavy (non-hydrogen) atoms. The summed E-state index contributed by atoms with van der Waals surface area (Å²) in [6, 6.07) is 12.9. The molecule has 1 aromatic heterocycles. The van der Waals surface area contributed by atoms with Crippen LogP contribution >= 0.6 is 0 Å². The quantitative estimate of drug-likeness (QED) is 0.885. The molecule has 1 aromatic carbocycles. The van der Waals surface area contributed by atoms with E-state index in [1.165, 1.54) is 0 Å². The van der Waals surface area contributed by atoms with Crippen molar-refractivity contribution in [2.75, 3.05) is 6.54 Å². The van der Waals surface area contributed by atoms with Crippen LogP contribution in [0.3, 0.4) is 0 Å². The molecule has 2 aromatic rings. The Hall–Kier alpha value is -2.58. The molecule has 5 heteroatoms. The molecule has 1 amide bonds. The van der Waals surface area contributed by atoms with E-state index in [-0.39, 0.29) is 17.9 Å². The van der Waals surface area contributed by atoms with Crippen molar-refractivity contribution in [1.29, 1.82) is 5.26 Å². The Morgan fingerprint density at radius 2 is 2.00 bits per heavy atom. The zero-order valence-electron chi connectivity index (χ0n) is 13.8. The second-order valence-corrected chi connectivity index (χ2v) is 6.64. The SMILES string of the molecule is Cc1ccc(C(C)(O)CNC(=O)c2ccc(C3(C#N)CC3)cc2)o1. The van der Waals surface area contributed by atoms with E-state index in [4.69, 9.17) is 4.42 Å². The number of amides is 1. The number of nitrogens with one attached hydrogen (secondary N) is 1. The second kappa shape index (κ2) is 5.81. The number of aliphatic hydroxyl groups is 1. The summed E-state index contributed by atoms with van der Waals surface area (Å²) < 4.78 is 5.43. The number of carbonyl (C=O) groups excluding carboxylic acids is 1. The maximum absolute atomic E-state index is 12.3. The predicted octanol–water partition coefficient (Wildman–Crippen LogP) is 2.78. The van der Waals surface area contributed by atoms with E-state index in [2.05, 4.69) is 11.4 Å². The maximum atomic E-state index is 12.3. The number of rotatable bonds is 5. The molecule has 1 saturated carbocycles. The lowest BCUT2D eigenvalue weighted by atomic mass is 9.96. The van der Waals surface area contributed by atoms with E-state index in [0.29, 0.717) is 17.1 Å². The van der Waals surface area contributed by atoms with Gasteiger partial charge in [-0.15, -0.1) is 0 Å². The van der Waals surface area contributed by atoms with Crippen molar-refractivity contribution >= 4 is 5.91 Å². The standard InChI is InChI=1S/C19H20N2O3/c1-13-3-8-16(24-13)18(2,23)12-21-17(22)14-4-6-15(7-5-14)19(11-20)9-10-19/h3-8,23H,9-10,12H2,1-2H3,(H,21,22). The van der Waals surface area contributed by atoms with Crippen LogP contribution in [-0.4, -0.2) is 17.6 Å². The summed E-state index contributed by atoms with van der Waals surface area (Å²) in [5.41, 5.74) is -0.169. The largest absolute Gasteiger partial charge is 0.463 e. The lowest BCUT2D eigenvalue weighted by Gasteiger charge is -2.21. The third-order valence-electron chi connectivity index (χ3n) is 4.53. The predicted molar refractivity (Wildman–Crippen MR) is 88.3 cm³/mol. The zero-order valence-corrected chi connectivity index (χ0v) is 13.8. The van der Waals surface area contributed by atoms with Gasteiger partial charge < -0.3 is 14.8 Å². The second-order valence-electron chi connectivity index (χ2n) is 6.64. The van der Waals surface area contributed by atoms with E-state index in [1.807, 2.05) is 12.1 Å². The third kappa shape index (κ3) is 3.06. The van der Waals surface area contributed by atoms with Gasteiger partial charge in [-0.1, -0.05) is 12.1 Å². The van der Waals surface area contributed by atoms with E-state index in [1.54, 1.807) is 38.1 Å². The van der Waals surface area contributed by atoms with Crippen LogP contribution in [0.5, 0.6) is 0 Å². The van der Waals surface area contributed by atoms with Crippen molar-refractivity contribution < 1.29 is 14.3 Å². The maximum Gasteiger partial charge on any atom is 0.251 e. The first kappa shape index (κ1) is 16.3. The molecule has 3 rings (SSSR count). The minimum Gasteiger partial charge on any atom is -0.463 e. The number of aryl methyl sites for hydroxylation is 1. The Morgan fingerprint density at radius 1 is 1.33 bits per heavy atom. The van der Waals surface area contributed by atoms with Gasteiger partial charge in [0, 0.05) is 5.56 Å². The number of benzene rings is 1. The van der Waals surface area contributed by atoms with Crippen LogP contribution in [0.15, 0.2) is 40.8 Å². The average molecular weight is 324 g/mol. The number of furan rings is 1. The molecule has 124 valence electrons. The van der Waals surface area contributed by atoms with Crippen molar-refractivity contribution in [3.8, 4) is 6.07 Å². The first-order valence-electron chi connectivity index (χ1n) is 7.96. The molecule has 0 bridgehead atoms. The summed E-state index contributed by atoms with van der Waals surface area (Å²) in [4.78, 5) is 12.3. The zero-order chi connectivity index (χ0) is 17.4. The summed E-state index contributed by atoms with van der Waals surface area (Å²) in [7, 11) is 0. The molecule has 5 nitrogen and oxygen atoms in total. The first-order valence-corrected chi connectivity index (χ1v) is 7.96. The third-order valence-corrected chi connectivity index (χ3v) is 4.53. The molecule has 0 radical (unpaired) electrons. The van der Waals surface area contributed by atoms with Crippen LogP contribution in [0.1, 0.15) is 47.2 Å². The Morgan fingerprint density at radius 3 is 2.50 bits per heavy atom. The number of hydrogen-bond donors (Lipinski definition) is 2. The summed E-state index contributed by atoms with van der Waals surface area (Å²) in [5, 5.41) is 22.4. The molecule has 0 aliphatic heterocycles. The molecule has 1 atom stereocenters. The number of carbonyl (C=O) groups is 1. The summed E-state index contributed by atoms with van der Waals surface area (Å²) in [6.45, 7) is 3.44. The molecular formula is C19H20N2O3. The highest BCUT2D eigenvalue weighted by Gasteiger charge is 2.44. The van der Waals surface area contributed by atoms with Crippen molar-refractivity contribution in [2.24, 2.45) is 0 Å². The molecule has 1 aliphatic rings. The molecule has 1 heterocycles. The fourth-order valence-electron chi connectivity index (χ4n) is 2.70. The molecule has 1 unspecified atom stereocenters. The Balaban J connectivity index is 1.64. The highest BCUT2D eigenvalue weighted by molar-refractivity contribution is 5.94. The van der Waals surface area contributed by atoms with Crippen molar-refractivity contribution in [2.45, 2.75) is 37.7 Å². The van der Waals surface area contributed by atoms with E-state index >= 15 is 0 Å². The van der Waals surface area contributed by atoms with Crippen LogP contribution in [0, 0.1) is 18.3 Å². The Bertz CT molecular complexity index is 793. The van der Waals surface area contributed by atoms with E-state index < -0.39 is 5.60 Å². The van der Waals surface area contributed by atoms with Gasteiger partial charge in [0.1, 0.15) is 17.1 Å².